The Morgan fingerprint density at radius 3 is 2.67 bits per heavy atom. The van der Waals surface area contributed by atoms with Crippen LogP contribution in [-0.4, -0.2) is 6.54 Å². The lowest BCUT2D eigenvalue weighted by atomic mass is 10.0. The summed E-state index contributed by atoms with van der Waals surface area (Å²) in [5.74, 6) is 0.877. The van der Waals surface area contributed by atoms with Crippen molar-refractivity contribution in [2.75, 3.05) is 6.54 Å². The Morgan fingerprint density at radius 1 is 1.22 bits per heavy atom. The Kier molecular flexibility index (Phi) is 4.70. The van der Waals surface area contributed by atoms with Gasteiger partial charge in [0.1, 0.15) is 5.76 Å². The maximum atomic E-state index is 6.06. The fourth-order valence-electron chi connectivity index (χ4n) is 1.82. The van der Waals surface area contributed by atoms with E-state index in [2.05, 4.69) is 12.2 Å². The Balaban J connectivity index is 2.30. The molecule has 1 aromatic heterocycles. The van der Waals surface area contributed by atoms with E-state index in [4.69, 9.17) is 27.6 Å². The lowest BCUT2D eigenvalue weighted by Crippen LogP contribution is -2.22. The van der Waals surface area contributed by atoms with E-state index < -0.39 is 0 Å². The van der Waals surface area contributed by atoms with Gasteiger partial charge in [-0.1, -0.05) is 36.2 Å². The molecule has 0 aliphatic heterocycles. The van der Waals surface area contributed by atoms with Crippen molar-refractivity contribution in [2.45, 2.75) is 19.4 Å². The van der Waals surface area contributed by atoms with Gasteiger partial charge in [-0.3, -0.25) is 0 Å². The number of rotatable bonds is 5. The van der Waals surface area contributed by atoms with Gasteiger partial charge in [0.2, 0.25) is 0 Å². The van der Waals surface area contributed by atoms with Crippen LogP contribution in [0, 0.1) is 0 Å². The molecule has 0 saturated heterocycles. The summed E-state index contributed by atoms with van der Waals surface area (Å²) in [6.07, 6.45) is 2.73. The van der Waals surface area contributed by atoms with Crippen LogP contribution in [-0.2, 0) is 0 Å². The second kappa shape index (κ2) is 6.28. The van der Waals surface area contributed by atoms with Gasteiger partial charge in [-0.05, 0) is 42.8 Å². The molecule has 0 aliphatic carbocycles. The van der Waals surface area contributed by atoms with Crippen molar-refractivity contribution in [3.8, 4) is 0 Å². The van der Waals surface area contributed by atoms with Crippen LogP contribution in [0.25, 0.3) is 0 Å². The maximum Gasteiger partial charge on any atom is 0.125 e. The molecule has 96 valence electrons. The van der Waals surface area contributed by atoms with Crippen molar-refractivity contribution in [3.05, 3.63) is 58.0 Å². The predicted octanol–water partition coefficient (Wildman–Crippen LogP) is 4.68. The first-order chi connectivity index (χ1) is 8.72. The number of furan rings is 1. The van der Waals surface area contributed by atoms with E-state index in [0.717, 1.165) is 24.3 Å². The fourth-order valence-corrected chi connectivity index (χ4v) is 2.13. The first-order valence-corrected chi connectivity index (χ1v) is 6.69. The van der Waals surface area contributed by atoms with Crippen LogP contribution in [0.5, 0.6) is 0 Å². The van der Waals surface area contributed by atoms with Gasteiger partial charge in [0.15, 0.2) is 0 Å². The largest absolute Gasteiger partial charge is 0.467 e. The van der Waals surface area contributed by atoms with Crippen molar-refractivity contribution in [2.24, 2.45) is 0 Å². The van der Waals surface area contributed by atoms with Gasteiger partial charge in [0, 0.05) is 0 Å². The molecule has 0 spiro atoms. The molecule has 0 fully saturated rings. The molecule has 1 atom stereocenters. The molecule has 1 unspecified atom stereocenters. The average Bonchev–Trinajstić information content (AvgIpc) is 2.88. The topological polar surface area (TPSA) is 25.2 Å². The van der Waals surface area contributed by atoms with E-state index in [-0.39, 0.29) is 6.04 Å². The summed E-state index contributed by atoms with van der Waals surface area (Å²) in [4.78, 5) is 0. The van der Waals surface area contributed by atoms with E-state index in [1.54, 1.807) is 6.26 Å². The van der Waals surface area contributed by atoms with Gasteiger partial charge in [-0.2, -0.15) is 0 Å². The quantitative estimate of drug-likeness (QED) is 0.862. The standard InChI is InChI=1S/C14H15Cl2NO/c1-2-7-17-14(13-4-3-8-18-13)10-5-6-11(15)12(16)9-10/h3-6,8-9,14,17H,2,7H2,1H3. The zero-order valence-corrected chi connectivity index (χ0v) is 11.6. The summed E-state index contributed by atoms with van der Waals surface area (Å²) in [6, 6.07) is 9.49. The van der Waals surface area contributed by atoms with Gasteiger partial charge in [-0.25, -0.2) is 0 Å². The first-order valence-electron chi connectivity index (χ1n) is 5.94. The average molecular weight is 284 g/mol. The van der Waals surface area contributed by atoms with E-state index in [1.807, 2.05) is 30.3 Å². The van der Waals surface area contributed by atoms with Crippen molar-refractivity contribution >= 4 is 23.2 Å². The Bertz CT molecular complexity index is 497. The molecule has 2 aromatic rings. The van der Waals surface area contributed by atoms with Gasteiger partial charge in [0.25, 0.3) is 0 Å². The number of benzene rings is 1. The van der Waals surface area contributed by atoms with E-state index in [1.165, 1.54) is 0 Å². The molecule has 1 aromatic carbocycles. The third-order valence-corrected chi connectivity index (χ3v) is 3.44. The van der Waals surface area contributed by atoms with E-state index in [9.17, 15) is 0 Å². The third-order valence-electron chi connectivity index (χ3n) is 2.70. The molecular weight excluding hydrogens is 269 g/mol. The van der Waals surface area contributed by atoms with Crippen LogP contribution in [0.2, 0.25) is 10.0 Å². The molecular formula is C14H15Cl2NO. The number of hydrogen-bond acceptors (Lipinski definition) is 2. The minimum absolute atomic E-state index is 0.00900. The highest BCUT2D eigenvalue weighted by Gasteiger charge is 2.16. The SMILES string of the molecule is CCCNC(c1ccc(Cl)c(Cl)c1)c1ccco1. The number of nitrogens with one attached hydrogen (secondary N) is 1. The van der Waals surface area contributed by atoms with Crippen molar-refractivity contribution in [3.63, 3.8) is 0 Å². The summed E-state index contributed by atoms with van der Waals surface area (Å²) in [7, 11) is 0. The fraction of sp³-hybridized carbons (Fsp3) is 0.286. The van der Waals surface area contributed by atoms with Crippen molar-refractivity contribution in [1.29, 1.82) is 0 Å². The van der Waals surface area contributed by atoms with Crippen LogP contribution in [0.4, 0.5) is 0 Å². The lowest BCUT2D eigenvalue weighted by molar-refractivity contribution is 0.446. The Morgan fingerprint density at radius 2 is 2.06 bits per heavy atom. The molecule has 1 heterocycles. The zero-order chi connectivity index (χ0) is 13.0. The van der Waals surface area contributed by atoms with Crippen LogP contribution in [0.15, 0.2) is 41.0 Å². The monoisotopic (exact) mass is 283 g/mol. The van der Waals surface area contributed by atoms with Crippen LogP contribution < -0.4 is 5.32 Å². The van der Waals surface area contributed by atoms with Gasteiger partial charge in [0.05, 0.1) is 22.4 Å². The summed E-state index contributed by atoms with van der Waals surface area (Å²) in [5, 5.41) is 4.56. The molecule has 18 heavy (non-hydrogen) atoms. The molecule has 1 N–H and O–H groups in total. The second-order valence-electron chi connectivity index (χ2n) is 4.08. The predicted molar refractivity (Wildman–Crippen MR) is 75.3 cm³/mol. The Labute approximate surface area is 117 Å². The van der Waals surface area contributed by atoms with Crippen LogP contribution in [0.1, 0.15) is 30.7 Å². The third kappa shape index (κ3) is 3.08. The Hall–Kier alpha value is -0.960. The maximum absolute atomic E-state index is 6.06. The number of halogens is 2. The molecule has 2 nitrogen and oxygen atoms in total. The molecule has 4 heteroatoms. The first kappa shape index (κ1) is 13.5. The normalized spacial score (nSPS) is 12.6. The number of hydrogen-bond donors (Lipinski definition) is 1. The van der Waals surface area contributed by atoms with Crippen molar-refractivity contribution in [1.82, 2.24) is 5.32 Å². The van der Waals surface area contributed by atoms with Gasteiger partial charge in [-0.15, -0.1) is 0 Å². The highest BCUT2D eigenvalue weighted by molar-refractivity contribution is 6.42. The van der Waals surface area contributed by atoms with Crippen LogP contribution >= 0.6 is 23.2 Å². The molecule has 0 saturated carbocycles. The summed E-state index contributed by atoms with van der Waals surface area (Å²) in [5.41, 5.74) is 1.05. The highest BCUT2D eigenvalue weighted by atomic mass is 35.5. The molecule has 0 aliphatic rings. The molecule has 0 amide bonds. The molecule has 0 bridgehead atoms. The van der Waals surface area contributed by atoms with E-state index >= 15 is 0 Å². The van der Waals surface area contributed by atoms with Crippen molar-refractivity contribution < 1.29 is 4.42 Å². The lowest BCUT2D eigenvalue weighted by Gasteiger charge is -2.17. The van der Waals surface area contributed by atoms with Crippen LogP contribution in [0.3, 0.4) is 0 Å². The summed E-state index contributed by atoms with van der Waals surface area (Å²) >= 11 is 12.0. The summed E-state index contributed by atoms with van der Waals surface area (Å²) in [6.45, 7) is 3.03. The van der Waals surface area contributed by atoms with E-state index in [0.29, 0.717) is 10.0 Å². The molecule has 2 rings (SSSR count). The zero-order valence-electron chi connectivity index (χ0n) is 10.1. The minimum Gasteiger partial charge on any atom is -0.467 e. The minimum atomic E-state index is 0.00900. The van der Waals surface area contributed by atoms with Gasteiger partial charge < -0.3 is 9.73 Å². The van der Waals surface area contributed by atoms with Gasteiger partial charge >= 0.3 is 0 Å². The second-order valence-corrected chi connectivity index (χ2v) is 4.89. The molecule has 0 radical (unpaired) electrons. The smallest absolute Gasteiger partial charge is 0.125 e. The highest BCUT2D eigenvalue weighted by Crippen LogP contribution is 2.29. The summed E-state index contributed by atoms with van der Waals surface area (Å²) < 4.78 is 5.48.